The molecule has 0 atom stereocenters. The molecular formula is C23H25N5O4. The Morgan fingerprint density at radius 1 is 1.09 bits per heavy atom. The van der Waals surface area contributed by atoms with Gasteiger partial charge in [-0.05, 0) is 24.1 Å². The molecule has 9 nitrogen and oxygen atoms in total. The van der Waals surface area contributed by atoms with E-state index in [-0.39, 0.29) is 24.0 Å². The maximum absolute atomic E-state index is 12.9. The number of carbonyl (C=O) groups is 2. The molecule has 0 aliphatic carbocycles. The summed E-state index contributed by atoms with van der Waals surface area (Å²) in [4.78, 5) is 42.8. The molecule has 1 fully saturated rings. The molecule has 2 heterocycles. The SMILES string of the molecule is CCc1ccccc1NC(=O)CN1CCN(C(=O)c2cc3cccc([N+](=O)[O-])c3[nH]2)CC1. The zero-order valence-electron chi connectivity index (χ0n) is 17.8. The summed E-state index contributed by atoms with van der Waals surface area (Å²) in [5.41, 5.74) is 2.55. The van der Waals surface area contributed by atoms with Crippen LogP contribution in [0.25, 0.3) is 10.9 Å². The fraction of sp³-hybridized carbons (Fsp3) is 0.304. The van der Waals surface area contributed by atoms with Gasteiger partial charge in [-0.1, -0.05) is 37.3 Å². The smallest absolute Gasteiger partial charge is 0.293 e. The molecule has 1 saturated heterocycles. The second-order valence-electron chi connectivity index (χ2n) is 7.81. The number of hydrogen-bond donors (Lipinski definition) is 2. The van der Waals surface area contributed by atoms with Gasteiger partial charge < -0.3 is 15.2 Å². The van der Waals surface area contributed by atoms with E-state index < -0.39 is 4.92 Å². The summed E-state index contributed by atoms with van der Waals surface area (Å²) in [5, 5.41) is 14.8. The Balaban J connectivity index is 1.35. The van der Waals surface area contributed by atoms with E-state index in [0.717, 1.165) is 17.7 Å². The molecule has 9 heteroatoms. The predicted molar refractivity (Wildman–Crippen MR) is 122 cm³/mol. The second-order valence-corrected chi connectivity index (χ2v) is 7.81. The van der Waals surface area contributed by atoms with Crippen LogP contribution in [0, 0.1) is 10.1 Å². The number of nitro benzene ring substituents is 1. The van der Waals surface area contributed by atoms with Gasteiger partial charge in [0.15, 0.2) is 0 Å². The number of carbonyl (C=O) groups excluding carboxylic acids is 2. The number of nitrogens with zero attached hydrogens (tertiary/aromatic N) is 3. The van der Waals surface area contributed by atoms with Crippen LogP contribution < -0.4 is 5.32 Å². The Kier molecular flexibility index (Phi) is 6.18. The van der Waals surface area contributed by atoms with Crippen molar-refractivity contribution in [3.63, 3.8) is 0 Å². The van der Waals surface area contributed by atoms with Crippen molar-refractivity contribution in [3.8, 4) is 0 Å². The third kappa shape index (κ3) is 4.47. The molecule has 166 valence electrons. The number of aryl methyl sites for hydroxylation is 1. The zero-order chi connectivity index (χ0) is 22.7. The molecule has 2 N–H and O–H groups in total. The number of rotatable bonds is 6. The number of nitrogens with one attached hydrogen (secondary N) is 2. The summed E-state index contributed by atoms with van der Waals surface area (Å²) in [5.74, 6) is -0.273. The lowest BCUT2D eigenvalue weighted by Gasteiger charge is -2.34. The van der Waals surface area contributed by atoms with Gasteiger partial charge >= 0.3 is 0 Å². The first-order valence-corrected chi connectivity index (χ1v) is 10.6. The van der Waals surface area contributed by atoms with Crippen molar-refractivity contribution in [1.29, 1.82) is 0 Å². The van der Waals surface area contributed by atoms with Gasteiger partial charge in [0.2, 0.25) is 5.91 Å². The summed E-state index contributed by atoms with van der Waals surface area (Å²) in [6.07, 6.45) is 0.841. The molecule has 0 spiro atoms. The molecule has 1 aromatic heterocycles. The fourth-order valence-corrected chi connectivity index (χ4v) is 4.03. The van der Waals surface area contributed by atoms with E-state index in [2.05, 4.69) is 10.3 Å². The number of para-hydroxylation sites is 2. The molecule has 0 radical (unpaired) electrons. The molecule has 3 aromatic rings. The number of fused-ring (bicyclic) bond motifs is 1. The van der Waals surface area contributed by atoms with Crippen molar-refractivity contribution >= 4 is 34.1 Å². The third-order valence-corrected chi connectivity index (χ3v) is 5.76. The maximum atomic E-state index is 12.9. The van der Waals surface area contributed by atoms with Gasteiger partial charge in [-0.2, -0.15) is 0 Å². The van der Waals surface area contributed by atoms with Gasteiger partial charge in [0.1, 0.15) is 11.2 Å². The highest BCUT2D eigenvalue weighted by molar-refractivity contribution is 6.00. The number of benzene rings is 2. The molecule has 0 saturated carbocycles. The van der Waals surface area contributed by atoms with E-state index in [1.807, 2.05) is 36.1 Å². The van der Waals surface area contributed by atoms with Crippen LogP contribution in [0.5, 0.6) is 0 Å². The quantitative estimate of drug-likeness (QED) is 0.457. The molecule has 2 amide bonds. The molecule has 1 aliphatic heterocycles. The van der Waals surface area contributed by atoms with Gasteiger partial charge in [-0.3, -0.25) is 24.6 Å². The first-order valence-electron chi connectivity index (χ1n) is 10.6. The zero-order valence-corrected chi connectivity index (χ0v) is 17.8. The number of anilines is 1. The Morgan fingerprint density at radius 2 is 1.84 bits per heavy atom. The number of aromatic nitrogens is 1. The average molecular weight is 435 g/mol. The summed E-state index contributed by atoms with van der Waals surface area (Å²) < 4.78 is 0. The lowest BCUT2D eigenvalue weighted by molar-refractivity contribution is -0.383. The minimum absolute atomic E-state index is 0.0537. The van der Waals surface area contributed by atoms with Crippen molar-refractivity contribution in [1.82, 2.24) is 14.8 Å². The predicted octanol–water partition coefficient (Wildman–Crippen LogP) is 3.04. The number of non-ortho nitro benzene ring substituents is 1. The van der Waals surface area contributed by atoms with E-state index in [1.54, 1.807) is 23.1 Å². The number of piperazine rings is 1. The lowest BCUT2D eigenvalue weighted by Crippen LogP contribution is -2.50. The monoisotopic (exact) mass is 435 g/mol. The summed E-state index contributed by atoms with van der Waals surface area (Å²) in [6.45, 7) is 4.43. The van der Waals surface area contributed by atoms with E-state index in [1.165, 1.54) is 6.07 Å². The lowest BCUT2D eigenvalue weighted by atomic mass is 10.1. The molecule has 0 bridgehead atoms. The Labute approximate surface area is 185 Å². The van der Waals surface area contributed by atoms with E-state index in [4.69, 9.17) is 0 Å². The molecule has 4 rings (SSSR count). The Hall–Kier alpha value is -3.72. The highest BCUT2D eigenvalue weighted by Gasteiger charge is 2.25. The average Bonchev–Trinajstić information content (AvgIpc) is 3.23. The van der Waals surface area contributed by atoms with E-state index in [0.29, 0.717) is 42.8 Å². The summed E-state index contributed by atoms with van der Waals surface area (Å²) in [7, 11) is 0. The number of amides is 2. The third-order valence-electron chi connectivity index (χ3n) is 5.76. The highest BCUT2D eigenvalue weighted by Crippen LogP contribution is 2.26. The normalized spacial score (nSPS) is 14.5. The Bertz CT molecular complexity index is 1160. The van der Waals surface area contributed by atoms with Crippen molar-refractivity contribution in [2.75, 3.05) is 38.0 Å². The van der Waals surface area contributed by atoms with Crippen molar-refractivity contribution in [2.24, 2.45) is 0 Å². The first-order chi connectivity index (χ1) is 15.5. The van der Waals surface area contributed by atoms with E-state index in [9.17, 15) is 19.7 Å². The first kappa shape index (κ1) is 21.5. The van der Waals surface area contributed by atoms with Gasteiger partial charge in [0.05, 0.1) is 11.5 Å². The fourth-order valence-electron chi connectivity index (χ4n) is 4.03. The van der Waals surface area contributed by atoms with Crippen molar-refractivity contribution in [3.05, 3.63) is 69.9 Å². The molecule has 2 aromatic carbocycles. The van der Waals surface area contributed by atoms with Gasteiger partial charge in [0.25, 0.3) is 11.6 Å². The van der Waals surface area contributed by atoms with Crippen molar-refractivity contribution < 1.29 is 14.5 Å². The molecular weight excluding hydrogens is 410 g/mol. The largest absolute Gasteiger partial charge is 0.345 e. The van der Waals surface area contributed by atoms with Crippen LogP contribution in [0.4, 0.5) is 11.4 Å². The van der Waals surface area contributed by atoms with Crippen LogP contribution in [-0.2, 0) is 11.2 Å². The summed E-state index contributed by atoms with van der Waals surface area (Å²) >= 11 is 0. The molecule has 32 heavy (non-hydrogen) atoms. The molecule has 0 unspecified atom stereocenters. The number of aromatic amines is 1. The maximum Gasteiger partial charge on any atom is 0.293 e. The van der Waals surface area contributed by atoms with Gasteiger partial charge in [0, 0.05) is 43.3 Å². The van der Waals surface area contributed by atoms with Crippen LogP contribution in [0.15, 0.2) is 48.5 Å². The van der Waals surface area contributed by atoms with Crippen LogP contribution in [0.1, 0.15) is 23.0 Å². The standard InChI is InChI=1S/C23H25N5O4/c1-2-16-6-3-4-8-18(16)24-21(29)15-26-10-12-27(13-11-26)23(30)19-14-17-7-5-9-20(28(31)32)22(17)25-19/h3-9,14,25H,2,10-13,15H2,1H3,(H,24,29). The number of hydrogen-bond acceptors (Lipinski definition) is 5. The van der Waals surface area contributed by atoms with Gasteiger partial charge in [-0.25, -0.2) is 0 Å². The van der Waals surface area contributed by atoms with Crippen LogP contribution in [-0.4, -0.2) is 64.2 Å². The topological polar surface area (TPSA) is 112 Å². The van der Waals surface area contributed by atoms with Crippen LogP contribution in [0.3, 0.4) is 0 Å². The van der Waals surface area contributed by atoms with Crippen molar-refractivity contribution in [2.45, 2.75) is 13.3 Å². The minimum Gasteiger partial charge on any atom is -0.345 e. The highest BCUT2D eigenvalue weighted by atomic mass is 16.6. The second kappa shape index (κ2) is 9.19. The Morgan fingerprint density at radius 3 is 2.56 bits per heavy atom. The minimum atomic E-state index is -0.462. The number of nitro groups is 1. The van der Waals surface area contributed by atoms with E-state index >= 15 is 0 Å². The van der Waals surface area contributed by atoms with Crippen LogP contribution >= 0.6 is 0 Å². The molecule has 1 aliphatic rings. The number of H-pyrrole nitrogens is 1. The van der Waals surface area contributed by atoms with Crippen LogP contribution in [0.2, 0.25) is 0 Å². The summed E-state index contributed by atoms with van der Waals surface area (Å²) in [6, 6.07) is 14.2. The van der Waals surface area contributed by atoms with Gasteiger partial charge in [-0.15, -0.1) is 0 Å².